The summed E-state index contributed by atoms with van der Waals surface area (Å²) < 4.78 is 0. The minimum Gasteiger partial charge on any atom is -0.260 e. The van der Waals surface area contributed by atoms with Gasteiger partial charge < -0.3 is 0 Å². The summed E-state index contributed by atoms with van der Waals surface area (Å²) in [6.07, 6.45) is 11.2. The highest BCUT2D eigenvalue weighted by Crippen LogP contribution is 2.28. The van der Waals surface area contributed by atoms with Crippen molar-refractivity contribution >= 4 is 50.6 Å². The highest BCUT2D eigenvalue weighted by atomic mass is 14.9. The molecule has 0 unspecified atom stereocenters. The van der Waals surface area contributed by atoms with Gasteiger partial charge in [-0.15, -0.1) is 0 Å². The Morgan fingerprint density at radius 1 is 0.702 bits per heavy atom. The van der Waals surface area contributed by atoms with Crippen LogP contribution in [0.1, 0.15) is 49.4 Å². The summed E-state index contributed by atoms with van der Waals surface area (Å²) in [6, 6.07) is 37.8. The molecular formula is C44H39N3. The molecule has 0 N–H and O–H groups in total. The Labute approximate surface area is 278 Å². The molecule has 0 atom stereocenters. The van der Waals surface area contributed by atoms with E-state index in [1.54, 1.807) is 0 Å². The number of nitrogens with zero attached hydrogens (tertiary/aromatic N) is 3. The fraction of sp³-hybridized carbons (Fsp3) is 0.114. The van der Waals surface area contributed by atoms with Gasteiger partial charge in [0.05, 0.1) is 17.1 Å². The normalized spacial score (nSPS) is 14.8. The molecule has 0 aromatic heterocycles. The van der Waals surface area contributed by atoms with E-state index in [0.29, 0.717) is 17.5 Å². The Morgan fingerprint density at radius 3 is 1.87 bits per heavy atom. The van der Waals surface area contributed by atoms with E-state index in [1.165, 1.54) is 10.8 Å². The van der Waals surface area contributed by atoms with Crippen LogP contribution in [-0.2, 0) is 0 Å². The van der Waals surface area contributed by atoms with Crippen LogP contribution in [0.4, 0.5) is 0 Å². The fourth-order valence-corrected chi connectivity index (χ4v) is 5.62. The Balaban J connectivity index is 1.46. The second-order valence-electron chi connectivity index (χ2n) is 12.2. The van der Waals surface area contributed by atoms with Crippen molar-refractivity contribution in [1.82, 2.24) is 0 Å². The van der Waals surface area contributed by atoms with Crippen molar-refractivity contribution in [2.75, 3.05) is 0 Å². The second-order valence-corrected chi connectivity index (χ2v) is 12.2. The van der Waals surface area contributed by atoms with E-state index in [2.05, 4.69) is 148 Å². The van der Waals surface area contributed by atoms with Crippen molar-refractivity contribution in [3.63, 3.8) is 0 Å². The van der Waals surface area contributed by atoms with Crippen LogP contribution in [0, 0.1) is 5.92 Å². The zero-order valence-electron chi connectivity index (χ0n) is 27.3. The molecule has 47 heavy (non-hydrogen) atoms. The van der Waals surface area contributed by atoms with Crippen molar-refractivity contribution in [2.24, 2.45) is 20.9 Å². The Hall–Kier alpha value is -5.67. The molecule has 3 heteroatoms. The molecule has 230 valence electrons. The summed E-state index contributed by atoms with van der Waals surface area (Å²) in [5, 5.41) is 4.65. The molecule has 0 saturated carbocycles. The van der Waals surface area contributed by atoms with Gasteiger partial charge >= 0.3 is 0 Å². The first-order valence-corrected chi connectivity index (χ1v) is 16.1. The third-order valence-electron chi connectivity index (χ3n) is 8.14. The molecule has 0 bridgehead atoms. The summed E-state index contributed by atoms with van der Waals surface area (Å²) in [5.41, 5.74) is 8.38. The van der Waals surface area contributed by atoms with Gasteiger partial charge in [-0.3, -0.25) is 4.99 Å². The smallest absolute Gasteiger partial charge is 0.160 e. The molecule has 3 nitrogen and oxygen atoms in total. The van der Waals surface area contributed by atoms with E-state index in [-0.39, 0.29) is 0 Å². The van der Waals surface area contributed by atoms with Gasteiger partial charge in [0.1, 0.15) is 0 Å². The minimum atomic E-state index is 0.429. The predicted molar refractivity (Wildman–Crippen MR) is 204 cm³/mol. The van der Waals surface area contributed by atoms with Gasteiger partial charge in [-0.05, 0) is 63.7 Å². The van der Waals surface area contributed by atoms with E-state index in [1.807, 2.05) is 25.3 Å². The second kappa shape index (κ2) is 14.2. The van der Waals surface area contributed by atoms with E-state index >= 15 is 0 Å². The lowest BCUT2D eigenvalue weighted by molar-refractivity contribution is 0.832. The Bertz CT molecular complexity index is 2170. The molecule has 5 aromatic rings. The Morgan fingerprint density at radius 2 is 1.28 bits per heavy atom. The maximum absolute atomic E-state index is 5.22. The molecule has 0 fully saturated rings. The van der Waals surface area contributed by atoms with Gasteiger partial charge in [0, 0.05) is 34.9 Å². The number of fused-ring (bicyclic) bond motifs is 2. The molecule has 0 spiro atoms. The summed E-state index contributed by atoms with van der Waals surface area (Å²) in [4.78, 5) is 15.0. The van der Waals surface area contributed by atoms with E-state index < -0.39 is 0 Å². The average molecular weight is 610 g/mol. The van der Waals surface area contributed by atoms with Crippen LogP contribution in [0.5, 0.6) is 0 Å². The monoisotopic (exact) mass is 609 g/mol. The van der Waals surface area contributed by atoms with Gasteiger partial charge in [0.25, 0.3) is 0 Å². The standard InChI is InChI=1S/C44H39N3/c1-30(2)17-26-41(42-16-10-11-27-45-42)35-20-22-36(23-21-35)44(46-32(5)37-24-18-33-12-6-8-14-38(33)28-37)47-43(31(3)4)40-25-19-34-13-7-9-15-39(34)29-40/h6-15,17-30H,3,5,16H2,1-2,4H3/b26-17-,42-41-,46-44-,47-43+. The number of aliphatic imine (C=N–C) groups is 3. The molecule has 1 aliphatic rings. The van der Waals surface area contributed by atoms with Crippen LogP contribution in [0.2, 0.25) is 0 Å². The maximum Gasteiger partial charge on any atom is 0.160 e. The van der Waals surface area contributed by atoms with Gasteiger partial charge in [-0.2, -0.15) is 0 Å². The van der Waals surface area contributed by atoms with Crippen molar-refractivity contribution < 1.29 is 0 Å². The van der Waals surface area contributed by atoms with Gasteiger partial charge in [-0.1, -0.05) is 142 Å². The summed E-state index contributed by atoms with van der Waals surface area (Å²) in [6.45, 7) is 15.1. The number of rotatable bonds is 8. The van der Waals surface area contributed by atoms with Crippen LogP contribution >= 0.6 is 0 Å². The number of hydrogen-bond donors (Lipinski definition) is 0. The molecule has 5 aromatic carbocycles. The van der Waals surface area contributed by atoms with Gasteiger partial charge in [0.15, 0.2) is 5.84 Å². The summed E-state index contributed by atoms with van der Waals surface area (Å²) in [7, 11) is 0. The fourth-order valence-electron chi connectivity index (χ4n) is 5.62. The first kappa shape index (κ1) is 31.3. The lowest BCUT2D eigenvalue weighted by Crippen LogP contribution is -2.08. The van der Waals surface area contributed by atoms with Crippen LogP contribution < -0.4 is 0 Å². The highest BCUT2D eigenvalue weighted by Gasteiger charge is 2.13. The average Bonchev–Trinajstić information content (AvgIpc) is 3.10. The number of dihydropyridines is 1. The quantitative estimate of drug-likeness (QED) is 0.124. The largest absolute Gasteiger partial charge is 0.260 e. The van der Waals surface area contributed by atoms with Gasteiger partial charge in [-0.25, -0.2) is 9.98 Å². The van der Waals surface area contributed by atoms with Gasteiger partial charge in [0.2, 0.25) is 0 Å². The van der Waals surface area contributed by atoms with Crippen LogP contribution in [0.25, 0.3) is 32.8 Å². The first-order valence-electron chi connectivity index (χ1n) is 16.1. The molecule has 0 amide bonds. The molecule has 0 aliphatic carbocycles. The molecule has 1 heterocycles. The van der Waals surface area contributed by atoms with Crippen molar-refractivity contribution in [3.8, 4) is 0 Å². The molecular weight excluding hydrogens is 571 g/mol. The third-order valence-corrected chi connectivity index (χ3v) is 8.14. The van der Waals surface area contributed by atoms with E-state index in [9.17, 15) is 0 Å². The number of hydrogen-bond acceptors (Lipinski definition) is 2. The zero-order valence-corrected chi connectivity index (χ0v) is 27.3. The lowest BCUT2D eigenvalue weighted by Gasteiger charge is -2.13. The molecule has 6 rings (SSSR count). The third kappa shape index (κ3) is 7.43. The van der Waals surface area contributed by atoms with Crippen LogP contribution in [-0.4, -0.2) is 17.8 Å². The molecule has 0 saturated heterocycles. The number of amidine groups is 1. The van der Waals surface area contributed by atoms with E-state index in [0.717, 1.165) is 62.0 Å². The SMILES string of the molecule is C=C(C)/C(=N\C(=N/C(=C)c1ccc2ccccc2c1)c1ccc(C(/C=C\C(C)C)=C2/CC=CC=N2)cc1)c1ccc2ccccc2c1. The Kier molecular flexibility index (Phi) is 9.45. The predicted octanol–water partition coefficient (Wildman–Crippen LogP) is 11.4. The van der Waals surface area contributed by atoms with Crippen LogP contribution in [0.3, 0.4) is 0 Å². The first-order chi connectivity index (χ1) is 22.9. The minimum absolute atomic E-state index is 0.429. The molecule has 1 aliphatic heterocycles. The summed E-state index contributed by atoms with van der Waals surface area (Å²) in [5.74, 6) is 1.00. The molecule has 0 radical (unpaired) electrons. The summed E-state index contributed by atoms with van der Waals surface area (Å²) >= 11 is 0. The highest BCUT2D eigenvalue weighted by molar-refractivity contribution is 6.20. The zero-order chi connectivity index (χ0) is 32.8. The van der Waals surface area contributed by atoms with E-state index in [4.69, 9.17) is 15.0 Å². The van der Waals surface area contributed by atoms with Crippen LogP contribution in [0.15, 0.2) is 173 Å². The number of benzene rings is 5. The van der Waals surface area contributed by atoms with Crippen molar-refractivity contribution in [1.29, 1.82) is 0 Å². The van der Waals surface area contributed by atoms with Crippen molar-refractivity contribution in [3.05, 3.63) is 180 Å². The maximum atomic E-state index is 5.22. The number of allylic oxidation sites excluding steroid dienone is 6. The topological polar surface area (TPSA) is 37.1 Å². The lowest BCUT2D eigenvalue weighted by atomic mass is 9.98. The van der Waals surface area contributed by atoms with Crippen molar-refractivity contribution in [2.45, 2.75) is 27.2 Å².